The Kier molecular flexibility index (Phi) is 7.03. The molecule has 2 unspecified atom stereocenters. The Morgan fingerprint density at radius 1 is 1.15 bits per heavy atom. The van der Waals surface area contributed by atoms with Gasteiger partial charge in [-0.15, -0.1) is 0 Å². The summed E-state index contributed by atoms with van der Waals surface area (Å²) in [4.78, 5) is 0. The quantitative estimate of drug-likeness (QED) is 0.782. The highest BCUT2D eigenvalue weighted by molar-refractivity contribution is 5.38. The lowest BCUT2D eigenvalue weighted by Crippen LogP contribution is -2.16. The first-order chi connectivity index (χ1) is 9.49. The number of hydrogen-bond acceptors (Lipinski definition) is 3. The van der Waals surface area contributed by atoms with Crippen LogP contribution in [0.2, 0.25) is 0 Å². The topological polar surface area (TPSA) is 30.5 Å². The van der Waals surface area contributed by atoms with Gasteiger partial charge in [-0.05, 0) is 51.4 Å². The van der Waals surface area contributed by atoms with E-state index in [-0.39, 0.29) is 6.10 Å². The summed E-state index contributed by atoms with van der Waals surface area (Å²) in [5.41, 5.74) is 2.38. The van der Waals surface area contributed by atoms with Crippen LogP contribution in [0.4, 0.5) is 0 Å². The van der Waals surface area contributed by atoms with Gasteiger partial charge in [-0.1, -0.05) is 19.9 Å². The van der Waals surface area contributed by atoms with Gasteiger partial charge >= 0.3 is 0 Å². The molecule has 0 saturated heterocycles. The highest BCUT2D eigenvalue weighted by Crippen LogP contribution is 2.25. The van der Waals surface area contributed by atoms with Crippen LogP contribution in [-0.2, 0) is 11.3 Å². The first-order valence-corrected chi connectivity index (χ1v) is 7.54. The molecule has 0 aliphatic heterocycles. The summed E-state index contributed by atoms with van der Waals surface area (Å²) >= 11 is 0. The number of nitrogens with one attached hydrogen (secondary N) is 1. The van der Waals surface area contributed by atoms with E-state index in [9.17, 15) is 0 Å². The molecule has 1 aromatic carbocycles. The van der Waals surface area contributed by atoms with E-state index in [0.29, 0.717) is 25.2 Å². The van der Waals surface area contributed by atoms with Crippen LogP contribution in [0.15, 0.2) is 18.2 Å². The predicted molar refractivity (Wildman–Crippen MR) is 84.2 cm³/mol. The summed E-state index contributed by atoms with van der Waals surface area (Å²) in [6.07, 6.45) is 0.245. The molecule has 1 N–H and O–H groups in total. The minimum absolute atomic E-state index is 0.245. The maximum absolute atomic E-state index is 5.94. The van der Waals surface area contributed by atoms with Gasteiger partial charge in [-0.25, -0.2) is 0 Å². The van der Waals surface area contributed by atoms with E-state index in [1.54, 1.807) is 0 Å². The second-order valence-electron chi connectivity index (χ2n) is 5.57. The summed E-state index contributed by atoms with van der Waals surface area (Å²) in [7, 11) is 1.97. The van der Waals surface area contributed by atoms with Crippen LogP contribution in [0.3, 0.4) is 0 Å². The van der Waals surface area contributed by atoms with E-state index in [1.807, 2.05) is 20.0 Å². The molecule has 0 bridgehead atoms. The van der Waals surface area contributed by atoms with Gasteiger partial charge in [0, 0.05) is 11.6 Å². The molecule has 0 radical (unpaired) electrons. The highest BCUT2D eigenvalue weighted by Gasteiger charge is 2.12. The van der Waals surface area contributed by atoms with E-state index in [2.05, 4.69) is 45.1 Å². The average Bonchev–Trinajstić information content (AvgIpc) is 2.45. The molecule has 0 amide bonds. The largest absolute Gasteiger partial charge is 0.494 e. The minimum Gasteiger partial charge on any atom is -0.494 e. The monoisotopic (exact) mass is 279 g/mol. The standard InChI is InChI=1S/C17H29NO2/c1-7-19-17-9-8-15(13(4)18-6)10-16(17)11-20-14(5)12(2)3/h8-10,12-14,18H,7,11H2,1-6H3. The number of rotatable bonds is 8. The first-order valence-electron chi connectivity index (χ1n) is 7.54. The van der Waals surface area contributed by atoms with Crippen molar-refractivity contribution in [3.05, 3.63) is 29.3 Å². The van der Waals surface area contributed by atoms with Crippen molar-refractivity contribution in [2.75, 3.05) is 13.7 Å². The van der Waals surface area contributed by atoms with Gasteiger partial charge in [0.05, 0.1) is 19.3 Å². The molecular formula is C17H29NO2. The van der Waals surface area contributed by atoms with Gasteiger partial charge in [0.2, 0.25) is 0 Å². The Morgan fingerprint density at radius 2 is 1.85 bits per heavy atom. The van der Waals surface area contributed by atoms with E-state index >= 15 is 0 Å². The van der Waals surface area contributed by atoms with Crippen molar-refractivity contribution in [3.63, 3.8) is 0 Å². The fourth-order valence-corrected chi connectivity index (χ4v) is 1.86. The van der Waals surface area contributed by atoms with Crippen LogP contribution in [0.5, 0.6) is 5.75 Å². The zero-order valence-electron chi connectivity index (χ0n) is 13.7. The molecule has 0 aliphatic carbocycles. The molecule has 3 heteroatoms. The zero-order valence-corrected chi connectivity index (χ0v) is 13.7. The fraction of sp³-hybridized carbons (Fsp3) is 0.647. The van der Waals surface area contributed by atoms with Crippen LogP contribution in [0.25, 0.3) is 0 Å². The molecule has 0 spiro atoms. The second kappa shape index (κ2) is 8.28. The Balaban J connectivity index is 2.88. The Bertz CT molecular complexity index is 404. The lowest BCUT2D eigenvalue weighted by molar-refractivity contribution is 0.0224. The zero-order chi connectivity index (χ0) is 15.1. The molecule has 1 rings (SSSR count). The first kappa shape index (κ1) is 17.0. The maximum atomic E-state index is 5.94. The van der Waals surface area contributed by atoms with Crippen molar-refractivity contribution < 1.29 is 9.47 Å². The van der Waals surface area contributed by atoms with Gasteiger partial charge in [0.1, 0.15) is 5.75 Å². The molecule has 0 heterocycles. The van der Waals surface area contributed by atoms with E-state index in [1.165, 1.54) is 5.56 Å². The maximum Gasteiger partial charge on any atom is 0.124 e. The van der Waals surface area contributed by atoms with Crippen LogP contribution >= 0.6 is 0 Å². The van der Waals surface area contributed by atoms with E-state index < -0.39 is 0 Å². The predicted octanol–water partition coefficient (Wildman–Crippen LogP) is 3.93. The number of hydrogen-bond donors (Lipinski definition) is 1. The third-order valence-electron chi connectivity index (χ3n) is 3.76. The summed E-state index contributed by atoms with van der Waals surface area (Å²) < 4.78 is 11.6. The molecule has 20 heavy (non-hydrogen) atoms. The van der Waals surface area contributed by atoms with Crippen LogP contribution in [-0.4, -0.2) is 19.8 Å². The van der Waals surface area contributed by atoms with E-state index in [0.717, 1.165) is 11.3 Å². The van der Waals surface area contributed by atoms with Gasteiger partial charge in [-0.3, -0.25) is 0 Å². The third kappa shape index (κ3) is 4.80. The Hall–Kier alpha value is -1.06. The molecule has 2 atom stereocenters. The Morgan fingerprint density at radius 3 is 2.40 bits per heavy atom. The smallest absolute Gasteiger partial charge is 0.124 e. The molecule has 1 aromatic rings. The SMILES string of the molecule is CCOc1ccc(C(C)NC)cc1COC(C)C(C)C. The van der Waals surface area contributed by atoms with Crippen molar-refractivity contribution in [2.45, 2.75) is 53.4 Å². The molecule has 3 nitrogen and oxygen atoms in total. The van der Waals surface area contributed by atoms with Crippen LogP contribution in [0.1, 0.15) is 51.8 Å². The van der Waals surface area contributed by atoms with Gasteiger partial charge in [-0.2, -0.15) is 0 Å². The fourth-order valence-electron chi connectivity index (χ4n) is 1.86. The lowest BCUT2D eigenvalue weighted by atomic mass is 10.0. The van der Waals surface area contributed by atoms with Crippen molar-refractivity contribution >= 4 is 0 Å². The average molecular weight is 279 g/mol. The summed E-state index contributed by atoms with van der Waals surface area (Å²) in [6, 6.07) is 6.67. The summed E-state index contributed by atoms with van der Waals surface area (Å²) in [5.74, 6) is 1.44. The molecule has 114 valence electrons. The van der Waals surface area contributed by atoms with Gasteiger partial charge in [0.15, 0.2) is 0 Å². The molecule has 0 aromatic heterocycles. The summed E-state index contributed by atoms with van der Waals surface area (Å²) in [6.45, 7) is 11.9. The van der Waals surface area contributed by atoms with E-state index in [4.69, 9.17) is 9.47 Å². The minimum atomic E-state index is 0.245. The second-order valence-corrected chi connectivity index (χ2v) is 5.57. The lowest BCUT2D eigenvalue weighted by Gasteiger charge is -2.19. The molecule has 0 saturated carbocycles. The van der Waals surface area contributed by atoms with Gasteiger partial charge in [0.25, 0.3) is 0 Å². The number of ether oxygens (including phenoxy) is 2. The Labute approximate surface area is 123 Å². The van der Waals surface area contributed by atoms with Crippen molar-refractivity contribution in [1.29, 1.82) is 0 Å². The van der Waals surface area contributed by atoms with Crippen molar-refractivity contribution in [1.82, 2.24) is 5.32 Å². The van der Waals surface area contributed by atoms with Crippen LogP contribution < -0.4 is 10.1 Å². The summed E-state index contributed by atoms with van der Waals surface area (Å²) in [5, 5.41) is 3.26. The normalized spacial score (nSPS) is 14.3. The van der Waals surface area contributed by atoms with Crippen molar-refractivity contribution in [3.8, 4) is 5.75 Å². The molecule has 0 fully saturated rings. The van der Waals surface area contributed by atoms with Crippen LogP contribution in [0, 0.1) is 5.92 Å². The highest BCUT2D eigenvalue weighted by atomic mass is 16.5. The molecular weight excluding hydrogens is 250 g/mol. The number of benzene rings is 1. The van der Waals surface area contributed by atoms with Gasteiger partial charge < -0.3 is 14.8 Å². The van der Waals surface area contributed by atoms with Crippen molar-refractivity contribution in [2.24, 2.45) is 5.92 Å². The molecule has 0 aliphatic rings. The third-order valence-corrected chi connectivity index (χ3v) is 3.76.